The predicted molar refractivity (Wildman–Crippen MR) is 534 cm³/mol. The molecule has 0 aliphatic heterocycles. The molecule has 20 rings (SSSR count). The molecule has 20 aromatic rings. The Balaban J connectivity index is 0.000000180. The summed E-state index contributed by atoms with van der Waals surface area (Å²) in [4.78, 5) is 58.8. The molecule has 0 unspecified atom stereocenters. The van der Waals surface area contributed by atoms with Gasteiger partial charge in [-0.3, -0.25) is 19.2 Å². The van der Waals surface area contributed by atoms with Crippen LogP contribution in [0.25, 0.3) is 154 Å². The van der Waals surface area contributed by atoms with Gasteiger partial charge >= 0.3 is 0 Å². The van der Waals surface area contributed by atoms with Gasteiger partial charge in [-0.25, -0.2) is 24.3 Å². The second-order valence-corrected chi connectivity index (χ2v) is 43.4. The van der Waals surface area contributed by atoms with Gasteiger partial charge in [0.2, 0.25) is 0 Å². The van der Waals surface area contributed by atoms with E-state index in [4.69, 9.17) is 35.4 Å². The summed E-state index contributed by atoms with van der Waals surface area (Å²) in [5.41, 5.74) is 8.72. The van der Waals surface area contributed by atoms with Crippen LogP contribution in [-0.4, -0.2) is 97.9 Å². The number of benzene rings is 12. The van der Waals surface area contributed by atoms with E-state index in [9.17, 15) is 23.6 Å². The second kappa shape index (κ2) is 46.6. The van der Waals surface area contributed by atoms with Gasteiger partial charge in [-0.05, 0) is 136 Å². The molecule has 0 saturated heterocycles. The van der Waals surface area contributed by atoms with Crippen LogP contribution in [0.1, 0.15) is 55.4 Å². The molecule has 4 N–H and O–H groups in total. The molecule has 0 spiro atoms. The number of hydrogen-bond acceptors (Lipinski definition) is 12. The molecule has 4 radical (unpaired) electrons. The first-order valence-electron chi connectivity index (χ1n) is 42.1. The van der Waals surface area contributed by atoms with E-state index < -0.39 is 16.1 Å². The number of carbonyl (C=O) groups excluding carboxylic acids is 4. The normalized spacial score (nSPS) is 11.5. The Morgan fingerprint density at radius 1 is 0.286 bits per heavy atom. The van der Waals surface area contributed by atoms with E-state index in [0.29, 0.717) is 5.39 Å². The van der Waals surface area contributed by atoms with Gasteiger partial charge in [0.05, 0.1) is 45.4 Å². The molecule has 0 fully saturated rings. The zero-order chi connectivity index (χ0) is 92.0. The number of allylic oxidation sites excluding steroid dienone is 8. The van der Waals surface area contributed by atoms with Crippen LogP contribution in [0.2, 0.25) is 39.3 Å². The van der Waals surface area contributed by atoms with Crippen LogP contribution >= 0.6 is 0 Å². The van der Waals surface area contributed by atoms with Crippen molar-refractivity contribution in [1.82, 2.24) is 38.2 Å². The van der Waals surface area contributed by atoms with Crippen LogP contribution in [0.5, 0.6) is 0 Å². The van der Waals surface area contributed by atoms with Crippen LogP contribution in [0, 0.1) is 30.1 Å². The molecule has 0 amide bonds. The van der Waals surface area contributed by atoms with Gasteiger partial charge < -0.3 is 38.7 Å². The van der Waals surface area contributed by atoms with Gasteiger partial charge in [-0.2, -0.15) is 97.1 Å². The van der Waals surface area contributed by atoms with E-state index in [0.717, 1.165) is 77.9 Å². The van der Waals surface area contributed by atoms with Gasteiger partial charge in [0.15, 0.2) is 23.1 Å². The topological polar surface area (TPSA) is 220 Å². The first-order chi connectivity index (χ1) is 61.9. The van der Waals surface area contributed by atoms with Gasteiger partial charge in [-0.15, -0.1) is 21.5 Å². The van der Waals surface area contributed by atoms with E-state index in [1.165, 1.54) is 167 Å². The number of rotatable bonds is 10. The van der Waals surface area contributed by atoms with E-state index in [2.05, 4.69) is 287 Å². The zero-order valence-electron chi connectivity index (χ0n) is 75.8. The van der Waals surface area contributed by atoms with Crippen LogP contribution < -0.4 is 10.4 Å². The third kappa shape index (κ3) is 24.6. The summed E-state index contributed by atoms with van der Waals surface area (Å²) in [6.07, 6.45) is 11.7. The molecular weight excluding hydrogens is 2410 g/mol. The molecule has 0 bridgehead atoms. The number of pyridine rings is 4. The molecular formula is C110H99FIr4N8O8Si2-4. The second-order valence-electron chi connectivity index (χ2n) is 33.2. The number of ketones is 4. The molecule has 0 atom stereocenters. The van der Waals surface area contributed by atoms with Crippen molar-refractivity contribution in [2.24, 2.45) is 0 Å². The fraction of sp³-hybridized carbons (Fsp3) is 0.127. The summed E-state index contributed by atoms with van der Waals surface area (Å²) < 4.78 is 22.9. The zero-order valence-corrected chi connectivity index (χ0v) is 87.4. The van der Waals surface area contributed by atoms with Crippen molar-refractivity contribution < 1.29 is 124 Å². The Morgan fingerprint density at radius 2 is 0.549 bits per heavy atom. The van der Waals surface area contributed by atoms with E-state index in [1.54, 1.807) is 6.07 Å². The van der Waals surface area contributed by atoms with Crippen LogP contribution in [-0.2, 0) is 99.6 Å². The Morgan fingerprint density at radius 3 is 0.880 bits per heavy atom. The maximum Gasteiger partial charge on any atom is 0.155 e. The van der Waals surface area contributed by atoms with Crippen molar-refractivity contribution in [2.75, 3.05) is 0 Å². The quantitative estimate of drug-likeness (QED) is 0.0435. The summed E-state index contributed by atoms with van der Waals surface area (Å²) in [6.45, 7) is 25.7. The smallest absolute Gasteiger partial charge is 0.155 e. The summed E-state index contributed by atoms with van der Waals surface area (Å²) in [5.74, 6) is 3.08. The first kappa shape index (κ1) is 104. The molecule has 133 heavy (non-hydrogen) atoms. The molecule has 12 aromatic carbocycles. The summed E-state index contributed by atoms with van der Waals surface area (Å²) >= 11 is 0. The molecule has 8 aromatic heterocycles. The van der Waals surface area contributed by atoms with Crippen molar-refractivity contribution in [2.45, 2.75) is 94.7 Å². The van der Waals surface area contributed by atoms with Crippen molar-refractivity contribution in [3.63, 3.8) is 0 Å². The third-order valence-corrected chi connectivity index (χ3v) is 25.2. The van der Waals surface area contributed by atoms with Gasteiger partial charge in [0.25, 0.3) is 0 Å². The number of nitrogens with zero attached hydrogens (tertiary/aromatic N) is 8. The fourth-order valence-electron chi connectivity index (χ4n) is 15.7. The summed E-state index contributed by atoms with van der Waals surface area (Å²) in [5, 5.41) is 54.5. The van der Waals surface area contributed by atoms with Crippen molar-refractivity contribution in [1.29, 1.82) is 0 Å². The van der Waals surface area contributed by atoms with Crippen LogP contribution in [0.3, 0.4) is 0 Å². The Labute approximate surface area is 828 Å². The average Bonchev–Trinajstić information content (AvgIpc) is 1.61. The maximum absolute atomic E-state index is 14.2. The van der Waals surface area contributed by atoms with E-state index in [1.807, 2.05) is 85.3 Å². The number of aromatic nitrogens is 8. The number of para-hydroxylation sites is 8. The molecule has 682 valence electrons. The standard InChI is InChI=1S/2C24H21N2Si.C21H12FN2.C21H13N2.4C5H8O2.4Ir/c1-27(2,3)18-12-13-19-17(16-18)14-15-25-24(19)26-22-10-6-4-8-20(22)21-9-5-7-11-23(21)26;1-27(2,3)18-13-12-17-14-15-25-24(21(17)16-18)26-22-10-6-4-8-19(22)20-9-5-7-11-23(20)26;22-18-13-23-21(17-10-2-1-7-14(17)18)24-19-11-5-3-8-15(19)16-9-4-6-12-20(16)24;1-2-8-16-15(7-1)13-14-22-21(16)23-19-11-5-3-9-17(19)18-10-4-6-12-20(18)23;4*1-4(6)3-5(2)7;;;;/h2*4-10,12-16H,1-3H3;1-11,13H;1-11,13-14H;4*3,6H,1-2H3;;;;/q4*-1;;;;;;;;. The number of halogens is 1. The SMILES string of the molecule is CC(=O)C=C(C)O.CC(=O)C=C(C)O.CC(=O)C=C(C)O.CC(=O)C=C(C)O.C[Si](C)(C)c1ccc2c(-n3c4[c-]cccc4c4ccccc43)nccc2c1.C[Si](C)(C)c1ccc2ccnc(-n3c4[c-]cccc4c4ccccc43)c2c1.Fc1cnc(-n2c3[c-]cccc3c3ccccc32)c2ccccc12.[Ir].[Ir].[Ir].[Ir].[c-]1cccc2c3ccccc3n(-c3nccc4ccccc34)c12. The monoisotopic (exact) mass is 2510 g/mol. The number of fused-ring (bicyclic) bond motifs is 16. The minimum absolute atomic E-state index is 0. The molecule has 0 aliphatic carbocycles. The maximum atomic E-state index is 14.2. The van der Waals surface area contributed by atoms with E-state index >= 15 is 0 Å². The minimum Gasteiger partial charge on any atom is -0.512 e. The number of aliphatic hydroxyl groups is 4. The van der Waals surface area contributed by atoms with Crippen LogP contribution in [0.4, 0.5) is 4.39 Å². The Kier molecular flexibility index (Phi) is 36.4. The molecule has 0 aliphatic rings. The van der Waals surface area contributed by atoms with Gasteiger partial charge in [0.1, 0.15) is 29.1 Å². The van der Waals surface area contributed by atoms with Crippen molar-refractivity contribution in [3.05, 3.63) is 375 Å². The van der Waals surface area contributed by atoms with Crippen molar-refractivity contribution in [3.8, 4) is 23.3 Å². The fourth-order valence-corrected chi connectivity index (χ4v) is 18.0. The average molecular weight is 2510 g/mol. The largest absolute Gasteiger partial charge is 0.512 e. The molecule has 23 heteroatoms. The first-order valence-corrected chi connectivity index (χ1v) is 49.1. The number of carbonyl (C=O) groups is 4. The number of hydrogen-bond donors (Lipinski definition) is 4. The predicted octanol–water partition coefficient (Wildman–Crippen LogP) is 25.9. The van der Waals surface area contributed by atoms with E-state index in [-0.39, 0.29) is 132 Å². The summed E-state index contributed by atoms with van der Waals surface area (Å²) in [6, 6.07) is 108. The Bertz CT molecular complexity index is 7430. The number of aliphatic hydroxyl groups excluding tert-OH is 4. The third-order valence-electron chi connectivity index (χ3n) is 21.1. The Hall–Kier alpha value is -12.7. The minimum atomic E-state index is -1.41. The van der Waals surface area contributed by atoms with Gasteiger partial charge in [-0.1, -0.05) is 229 Å². The van der Waals surface area contributed by atoms with Gasteiger partial charge in [0, 0.05) is 172 Å². The molecule has 16 nitrogen and oxygen atoms in total. The molecule has 8 heterocycles. The van der Waals surface area contributed by atoms with Crippen LogP contribution in [0.15, 0.2) is 345 Å². The summed E-state index contributed by atoms with van der Waals surface area (Å²) in [7, 11) is -2.77. The van der Waals surface area contributed by atoms with Crippen molar-refractivity contribution >= 4 is 180 Å². The molecule has 0 saturated carbocycles.